The van der Waals surface area contributed by atoms with Crippen LogP contribution in [0, 0.1) is 0 Å². The van der Waals surface area contributed by atoms with Gasteiger partial charge in [-0.3, -0.25) is 9.48 Å². The fourth-order valence-corrected chi connectivity index (χ4v) is 4.30. The normalized spacial score (nSPS) is 22.9. The van der Waals surface area contributed by atoms with Gasteiger partial charge >= 0.3 is 0 Å². The van der Waals surface area contributed by atoms with Gasteiger partial charge in [-0.05, 0) is 37.3 Å². The summed E-state index contributed by atoms with van der Waals surface area (Å²) in [7, 11) is 0. The molecule has 1 aromatic heterocycles. The standard InChI is InChI=1S/C20H25N3O2/c24-19(23-13-4-8-18(23)16-22-12-5-11-21-22)20(9-14-25-15-10-20)17-6-2-1-3-7-17/h1-3,5-7,11-12,18H,4,8-10,13-16H2/t18-/m0/s1. The molecule has 2 aliphatic heterocycles. The van der Waals surface area contributed by atoms with Crippen LogP contribution in [0.25, 0.3) is 0 Å². The summed E-state index contributed by atoms with van der Waals surface area (Å²) in [5.41, 5.74) is 0.694. The van der Waals surface area contributed by atoms with E-state index in [0.29, 0.717) is 13.2 Å². The first-order chi connectivity index (χ1) is 12.3. The van der Waals surface area contributed by atoms with E-state index in [9.17, 15) is 4.79 Å². The second kappa shape index (κ2) is 7.00. The summed E-state index contributed by atoms with van der Waals surface area (Å²) >= 11 is 0. The number of carbonyl (C=O) groups is 1. The Balaban J connectivity index is 1.61. The molecule has 0 unspecified atom stereocenters. The maximum Gasteiger partial charge on any atom is 0.233 e. The zero-order valence-electron chi connectivity index (χ0n) is 14.5. The Hall–Kier alpha value is -2.14. The fraction of sp³-hybridized carbons (Fsp3) is 0.500. The maximum atomic E-state index is 13.7. The van der Waals surface area contributed by atoms with Crippen LogP contribution < -0.4 is 0 Å². The number of nitrogens with zero attached hydrogens (tertiary/aromatic N) is 3. The Morgan fingerprint density at radius 1 is 1.20 bits per heavy atom. The minimum Gasteiger partial charge on any atom is -0.381 e. The summed E-state index contributed by atoms with van der Waals surface area (Å²) < 4.78 is 7.53. The van der Waals surface area contributed by atoms with Crippen molar-refractivity contribution in [1.29, 1.82) is 0 Å². The van der Waals surface area contributed by atoms with Crippen molar-refractivity contribution < 1.29 is 9.53 Å². The first kappa shape index (κ1) is 16.3. The largest absolute Gasteiger partial charge is 0.381 e. The Morgan fingerprint density at radius 2 is 2.00 bits per heavy atom. The van der Waals surface area contributed by atoms with Crippen molar-refractivity contribution in [3.8, 4) is 0 Å². The number of benzene rings is 1. The average molecular weight is 339 g/mol. The van der Waals surface area contributed by atoms with Crippen LogP contribution >= 0.6 is 0 Å². The Bertz CT molecular complexity index is 693. The molecule has 0 radical (unpaired) electrons. The van der Waals surface area contributed by atoms with Crippen molar-refractivity contribution in [3.05, 3.63) is 54.4 Å². The lowest BCUT2D eigenvalue weighted by Gasteiger charge is -2.40. The fourth-order valence-electron chi connectivity index (χ4n) is 4.30. The van der Waals surface area contributed by atoms with E-state index in [1.54, 1.807) is 6.20 Å². The lowest BCUT2D eigenvalue weighted by atomic mass is 9.73. The van der Waals surface area contributed by atoms with E-state index < -0.39 is 5.41 Å². The quantitative estimate of drug-likeness (QED) is 0.860. The smallest absolute Gasteiger partial charge is 0.233 e. The highest BCUT2D eigenvalue weighted by atomic mass is 16.5. The summed E-state index contributed by atoms with van der Waals surface area (Å²) in [6.45, 7) is 2.93. The highest BCUT2D eigenvalue weighted by Crippen LogP contribution is 2.38. The third kappa shape index (κ3) is 3.09. The summed E-state index contributed by atoms with van der Waals surface area (Å²) in [5, 5.41) is 4.32. The summed E-state index contributed by atoms with van der Waals surface area (Å²) in [5.74, 6) is 0.275. The van der Waals surface area contributed by atoms with Crippen molar-refractivity contribution in [3.63, 3.8) is 0 Å². The lowest BCUT2D eigenvalue weighted by molar-refractivity contribution is -0.142. The number of hydrogen-bond acceptors (Lipinski definition) is 3. The van der Waals surface area contributed by atoms with E-state index in [1.807, 2.05) is 35.1 Å². The van der Waals surface area contributed by atoms with Crippen LogP contribution in [-0.2, 0) is 21.5 Å². The maximum absolute atomic E-state index is 13.7. The van der Waals surface area contributed by atoms with Crippen LogP contribution in [0.4, 0.5) is 0 Å². The van der Waals surface area contributed by atoms with E-state index in [0.717, 1.165) is 44.3 Å². The monoisotopic (exact) mass is 339 g/mol. The third-order valence-electron chi connectivity index (χ3n) is 5.68. The number of hydrogen-bond donors (Lipinski definition) is 0. The van der Waals surface area contributed by atoms with Gasteiger partial charge in [0.15, 0.2) is 0 Å². The van der Waals surface area contributed by atoms with Gasteiger partial charge in [0.05, 0.1) is 18.0 Å². The van der Waals surface area contributed by atoms with Gasteiger partial charge in [0.25, 0.3) is 0 Å². The average Bonchev–Trinajstić information content (AvgIpc) is 3.35. The minimum atomic E-state index is -0.438. The Kier molecular flexibility index (Phi) is 4.57. The highest BCUT2D eigenvalue weighted by Gasteiger charge is 2.46. The molecular weight excluding hydrogens is 314 g/mol. The van der Waals surface area contributed by atoms with Gasteiger partial charge in [-0.2, -0.15) is 5.10 Å². The number of rotatable bonds is 4. The van der Waals surface area contributed by atoms with Crippen molar-refractivity contribution >= 4 is 5.91 Å². The molecule has 0 aliphatic carbocycles. The summed E-state index contributed by atoms with van der Waals surface area (Å²) in [6, 6.07) is 12.4. The van der Waals surface area contributed by atoms with E-state index in [-0.39, 0.29) is 11.9 Å². The zero-order chi connectivity index (χ0) is 17.1. The van der Waals surface area contributed by atoms with Crippen LogP contribution in [-0.4, -0.2) is 46.4 Å². The van der Waals surface area contributed by atoms with Crippen LogP contribution in [0.2, 0.25) is 0 Å². The van der Waals surface area contributed by atoms with E-state index in [4.69, 9.17) is 4.74 Å². The second-order valence-corrected chi connectivity index (χ2v) is 7.08. The van der Waals surface area contributed by atoms with Gasteiger partial charge in [0, 0.05) is 32.2 Å². The number of aromatic nitrogens is 2. The van der Waals surface area contributed by atoms with Crippen molar-refractivity contribution in [1.82, 2.24) is 14.7 Å². The van der Waals surface area contributed by atoms with E-state index >= 15 is 0 Å². The molecular formula is C20H25N3O2. The van der Waals surface area contributed by atoms with E-state index in [2.05, 4.69) is 22.1 Å². The molecule has 2 fully saturated rings. The van der Waals surface area contributed by atoms with Crippen LogP contribution in [0.3, 0.4) is 0 Å². The number of carbonyl (C=O) groups excluding carboxylic acids is 1. The molecule has 2 aromatic rings. The lowest BCUT2D eigenvalue weighted by Crippen LogP contribution is -2.52. The second-order valence-electron chi connectivity index (χ2n) is 7.08. The number of likely N-dealkylation sites (tertiary alicyclic amines) is 1. The molecule has 25 heavy (non-hydrogen) atoms. The van der Waals surface area contributed by atoms with Crippen molar-refractivity contribution in [2.75, 3.05) is 19.8 Å². The predicted molar refractivity (Wildman–Crippen MR) is 95.1 cm³/mol. The third-order valence-corrected chi connectivity index (χ3v) is 5.68. The van der Waals surface area contributed by atoms with E-state index in [1.165, 1.54) is 0 Å². The van der Waals surface area contributed by atoms with Gasteiger partial charge in [0.1, 0.15) is 0 Å². The molecule has 0 saturated carbocycles. The molecule has 5 heteroatoms. The molecule has 2 saturated heterocycles. The number of amides is 1. The molecule has 0 N–H and O–H groups in total. The summed E-state index contributed by atoms with van der Waals surface area (Å²) in [6.07, 6.45) is 7.42. The summed E-state index contributed by atoms with van der Waals surface area (Å²) in [4.78, 5) is 15.8. The van der Waals surface area contributed by atoms with Gasteiger partial charge in [-0.15, -0.1) is 0 Å². The number of ether oxygens (including phenoxy) is 1. The predicted octanol–water partition coefficient (Wildman–Crippen LogP) is 2.62. The zero-order valence-corrected chi connectivity index (χ0v) is 14.5. The van der Waals surface area contributed by atoms with Gasteiger partial charge < -0.3 is 9.64 Å². The SMILES string of the molecule is O=C(N1CCC[C@H]1Cn1cccn1)C1(c2ccccc2)CCOCC1. The molecule has 1 aromatic carbocycles. The van der Waals surface area contributed by atoms with Gasteiger partial charge in [-0.1, -0.05) is 30.3 Å². The molecule has 4 rings (SSSR count). The van der Waals surface area contributed by atoms with Crippen molar-refractivity contribution in [2.45, 2.75) is 43.7 Å². The molecule has 1 amide bonds. The topological polar surface area (TPSA) is 47.4 Å². The highest BCUT2D eigenvalue weighted by molar-refractivity contribution is 5.89. The Labute approximate surface area is 148 Å². The van der Waals surface area contributed by atoms with Gasteiger partial charge in [0.2, 0.25) is 5.91 Å². The molecule has 0 bridgehead atoms. The molecule has 5 nitrogen and oxygen atoms in total. The van der Waals surface area contributed by atoms with Crippen LogP contribution in [0.15, 0.2) is 48.8 Å². The molecule has 132 valence electrons. The molecule has 1 atom stereocenters. The molecule has 3 heterocycles. The van der Waals surface area contributed by atoms with Gasteiger partial charge in [-0.25, -0.2) is 0 Å². The first-order valence-electron chi connectivity index (χ1n) is 9.21. The molecule has 0 spiro atoms. The minimum absolute atomic E-state index is 0.232. The molecule has 2 aliphatic rings. The van der Waals surface area contributed by atoms with Crippen molar-refractivity contribution in [2.24, 2.45) is 0 Å². The Morgan fingerprint density at radius 3 is 2.72 bits per heavy atom. The van der Waals surface area contributed by atoms with Crippen LogP contribution in [0.5, 0.6) is 0 Å². The first-order valence-corrected chi connectivity index (χ1v) is 9.21. The van der Waals surface area contributed by atoms with Crippen LogP contribution in [0.1, 0.15) is 31.2 Å².